The lowest BCUT2D eigenvalue weighted by molar-refractivity contribution is -0.137. The average molecular weight is 296 g/mol. The minimum atomic E-state index is -0.844. The van der Waals surface area contributed by atoms with Crippen LogP contribution in [-0.2, 0) is 11.3 Å². The van der Waals surface area contributed by atoms with E-state index >= 15 is 0 Å². The molecule has 1 heterocycles. The number of carboxylic acids is 1. The number of halogens is 1. The van der Waals surface area contributed by atoms with Crippen molar-refractivity contribution in [2.24, 2.45) is 0 Å². The molecule has 6 heteroatoms. The zero-order valence-electron chi connectivity index (χ0n) is 8.88. The molecule has 0 aliphatic rings. The van der Waals surface area contributed by atoms with Gasteiger partial charge in [-0.25, -0.2) is 0 Å². The Bertz CT molecular complexity index is 539. The molecule has 2 aromatic rings. The number of hydrogen-bond donors (Lipinski definition) is 1. The van der Waals surface area contributed by atoms with Crippen molar-refractivity contribution in [3.05, 3.63) is 34.9 Å². The zero-order valence-corrected chi connectivity index (χ0v) is 10.5. The van der Waals surface area contributed by atoms with E-state index in [4.69, 9.17) is 5.11 Å². The number of hydrogen-bond acceptors (Lipinski definition) is 3. The standard InChI is InChI=1S/C11H10BrN3O2/c12-9-4-2-1-3-8(9)10-7-15(14-13-10)6-5-11(16)17/h1-4,7H,5-6H2,(H,16,17). The molecule has 0 bridgehead atoms. The van der Waals surface area contributed by atoms with E-state index in [1.54, 1.807) is 6.20 Å². The molecule has 5 nitrogen and oxygen atoms in total. The summed E-state index contributed by atoms with van der Waals surface area (Å²) in [6.07, 6.45) is 1.78. The van der Waals surface area contributed by atoms with Gasteiger partial charge >= 0.3 is 5.97 Å². The van der Waals surface area contributed by atoms with Gasteiger partial charge < -0.3 is 5.11 Å². The molecule has 0 spiro atoms. The van der Waals surface area contributed by atoms with Crippen LogP contribution >= 0.6 is 15.9 Å². The SMILES string of the molecule is O=C(O)CCn1cc(-c2ccccc2Br)nn1. The molecule has 1 aromatic carbocycles. The van der Waals surface area contributed by atoms with E-state index in [9.17, 15) is 4.79 Å². The Morgan fingerprint density at radius 3 is 2.88 bits per heavy atom. The molecule has 0 saturated heterocycles. The van der Waals surface area contributed by atoms with Gasteiger partial charge in [-0.3, -0.25) is 9.48 Å². The molecule has 0 fully saturated rings. The molecule has 88 valence electrons. The highest BCUT2D eigenvalue weighted by atomic mass is 79.9. The molecule has 0 aliphatic heterocycles. The van der Waals surface area contributed by atoms with Gasteiger partial charge in [0.2, 0.25) is 0 Å². The van der Waals surface area contributed by atoms with Gasteiger partial charge in [-0.1, -0.05) is 39.3 Å². The highest BCUT2D eigenvalue weighted by molar-refractivity contribution is 9.10. The van der Waals surface area contributed by atoms with Crippen LogP contribution < -0.4 is 0 Å². The van der Waals surface area contributed by atoms with Gasteiger partial charge in [-0.2, -0.15) is 0 Å². The topological polar surface area (TPSA) is 68.0 Å². The number of benzene rings is 1. The summed E-state index contributed by atoms with van der Waals surface area (Å²) in [6, 6.07) is 7.68. The fourth-order valence-corrected chi connectivity index (χ4v) is 1.90. The van der Waals surface area contributed by atoms with Crippen LogP contribution in [-0.4, -0.2) is 26.1 Å². The van der Waals surface area contributed by atoms with E-state index in [-0.39, 0.29) is 6.42 Å². The molecule has 1 aromatic heterocycles. The van der Waals surface area contributed by atoms with Gasteiger partial charge in [0.1, 0.15) is 5.69 Å². The van der Waals surface area contributed by atoms with Crippen LogP contribution in [0.5, 0.6) is 0 Å². The monoisotopic (exact) mass is 295 g/mol. The Hall–Kier alpha value is -1.69. The van der Waals surface area contributed by atoms with Gasteiger partial charge in [-0.05, 0) is 6.07 Å². The van der Waals surface area contributed by atoms with Crippen molar-refractivity contribution >= 4 is 21.9 Å². The van der Waals surface area contributed by atoms with Crippen molar-refractivity contribution in [2.45, 2.75) is 13.0 Å². The Kier molecular flexibility index (Phi) is 3.53. The van der Waals surface area contributed by atoms with Gasteiger partial charge in [0.25, 0.3) is 0 Å². The Balaban J connectivity index is 2.18. The first-order valence-corrected chi connectivity index (χ1v) is 5.83. The van der Waals surface area contributed by atoms with Crippen molar-refractivity contribution in [2.75, 3.05) is 0 Å². The number of aromatic nitrogens is 3. The van der Waals surface area contributed by atoms with Crippen molar-refractivity contribution in [3.8, 4) is 11.3 Å². The molecule has 0 unspecified atom stereocenters. The van der Waals surface area contributed by atoms with E-state index in [0.29, 0.717) is 6.54 Å². The highest BCUT2D eigenvalue weighted by Crippen LogP contribution is 2.25. The van der Waals surface area contributed by atoms with Gasteiger partial charge in [-0.15, -0.1) is 5.10 Å². The Morgan fingerprint density at radius 1 is 1.41 bits per heavy atom. The summed E-state index contributed by atoms with van der Waals surface area (Å²) in [4.78, 5) is 10.4. The fourth-order valence-electron chi connectivity index (χ4n) is 1.41. The quantitative estimate of drug-likeness (QED) is 0.939. The first-order valence-electron chi connectivity index (χ1n) is 5.03. The van der Waals surface area contributed by atoms with E-state index in [2.05, 4.69) is 26.2 Å². The van der Waals surface area contributed by atoms with Crippen LogP contribution in [0, 0.1) is 0 Å². The lowest BCUT2D eigenvalue weighted by Crippen LogP contribution is -2.04. The molecule has 0 radical (unpaired) electrons. The third-order valence-corrected chi connectivity index (χ3v) is 2.93. The predicted octanol–water partition coefficient (Wildman–Crippen LogP) is 2.18. The summed E-state index contributed by atoms with van der Waals surface area (Å²) in [5.74, 6) is -0.844. The van der Waals surface area contributed by atoms with Gasteiger partial charge in [0.05, 0.1) is 19.2 Å². The molecule has 2 rings (SSSR count). The van der Waals surface area contributed by atoms with E-state index in [0.717, 1.165) is 15.7 Å². The maximum absolute atomic E-state index is 10.4. The Morgan fingerprint density at radius 2 is 2.18 bits per heavy atom. The van der Waals surface area contributed by atoms with Crippen LogP contribution in [0.25, 0.3) is 11.3 Å². The maximum atomic E-state index is 10.4. The first-order chi connectivity index (χ1) is 8.16. The van der Waals surface area contributed by atoms with Crippen LogP contribution in [0.2, 0.25) is 0 Å². The third kappa shape index (κ3) is 2.91. The predicted molar refractivity (Wildman–Crippen MR) is 65.4 cm³/mol. The van der Waals surface area contributed by atoms with Crippen LogP contribution in [0.3, 0.4) is 0 Å². The largest absolute Gasteiger partial charge is 0.481 e. The third-order valence-electron chi connectivity index (χ3n) is 2.24. The van der Waals surface area contributed by atoms with Crippen LogP contribution in [0.15, 0.2) is 34.9 Å². The highest BCUT2D eigenvalue weighted by Gasteiger charge is 2.07. The summed E-state index contributed by atoms with van der Waals surface area (Å²) in [5, 5.41) is 16.5. The normalized spacial score (nSPS) is 10.4. The number of carboxylic acid groups (broad SMARTS) is 1. The lowest BCUT2D eigenvalue weighted by Gasteiger charge is -1.98. The molecular formula is C11H10BrN3O2. The van der Waals surface area contributed by atoms with Crippen LogP contribution in [0.1, 0.15) is 6.42 Å². The van der Waals surface area contributed by atoms with Crippen molar-refractivity contribution in [1.82, 2.24) is 15.0 Å². The molecule has 0 atom stereocenters. The van der Waals surface area contributed by atoms with Crippen molar-refractivity contribution in [3.63, 3.8) is 0 Å². The first kappa shape index (κ1) is 11.8. The maximum Gasteiger partial charge on any atom is 0.305 e. The zero-order chi connectivity index (χ0) is 12.3. The summed E-state index contributed by atoms with van der Waals surface area (Å²) in [7, 11) is 0. The molecule has 17 heavy (non-hydrogen) atoms. The molecule has 0 saturated carbocycles. The second-order valence-electron chi connectivity index (χ2n) is 3.49. The number of aliphatic carboxylic acids is 1. The second kappa shape index (κ2) is 5.09. The number of carbonyl (C=O) groups is 1. The van der Waals surface area contributed by atoms with E-state index in [1.165, 1.54) is 4.68 Å². The van der Waals surface area contributed by atoms with Crippen molar-refractivity contribution in [1.29, 1.82) is 0 Å². The molecule has 0 amide bonds. The van der Waals surface area contributed by atoms with Crippen LogP contribution in [0.4, 0.5) is 0 Å². The number of rotatable bonds is 4. The van der Waals surface area contributed by atoms with Gasteiger partial charge in [0.15, 0.2) is 0 Å². The molecule has 0 aliphatic carbocycles. The van der Waals surface area contributed by atoms with E-state index in [1.807, 2.05) is 24.3 Å². The minimum absolute atomic E-state index is 0.0404. The van der Waals surface area contributed by atoms with Gasteiger partial charge in [0, 0.05) is 10.0 Å². The minimum Gasteiger partial charge on any atom is -0.481 e. The summed E-state index contributed by atoms with van der Waals surface area (Å²) in [5.41, 5.74) is 1.66. The van der Waals surface area contributed by atoms with E-state index < -0.39 is 5.97 Å². The number of nitrogens with zero attached hydrogens (tertiary/aromatic N) is 3. The summed E-state index contributed by atoms with van der Waals surface area (Å²) in [6.45, 7) is 0.326. The average Bonchev–Trinajstić information content (AvgIpc) is 2.75. The molecule has 1 N–H and O–H groups in total. The number of aryl methyl sites for hydroxylation is 1. The lowest BCUT2D eigenvalue weighted by atomic mass is 10.2. The second-order valence-corrected chi connectivity index (χ2v) is 4.34. The molecular weight excluding hydrogens is 286 g/mol. The smallest absolute Gasteiger partial charge is 0.305 e. The Labute approximate surface area is 106 Å². The van der Waals surface area contributed by atoms with Crippen molar-refractivity contribution < 1.29 is 9.90 Å². The summed E-state index contributed by atoms with van der Waals surface area (Å²) < 4.78 is 2.47. The summed E-state index contributed by atoms with van der Waals surface area (Å²) >= 11 is 3.43. The fraction of sp³-hybridized carbons (Fsp3) is 0.182.